The van der Waals surface area contributed by atoms with Gasteiger partial charge in [0.05, 0.1) is 0 Å². The second kappa shape index (κ2) is 6.65. The van der Waals surface area contributed by atoms with Gasteiger partial charge in [0.25, 0.3) is 0 Å². The predicted molar refractivity (Wildman–Crippen MR) is 96.8 cm³/mol. The maximum absolute atomic E-state index is 2.86. The van der Waals surface area contributed by atoms with Crippen LogP contribution in [0, 0.1) is 11.3 Å². The summed E-state index contributed by atoms with van der Waals surface area (Å²) in [6, 6.07) is 1.81. The van der Waals surface area contributed by atoms with Crippen molar-refractivity contribution in [3.63, 3.8) is 0 Å². The van der Waals surface area contributed by atoms with E-state index in [1.165, 1.54) is 90.6 Å². The van der Waals surface area contributed by atoms with Gasteiger partial charge in [-0.05, 0) is 95.9 Å². The molecule has 0 bridgehead atoms. The van der Waals surface area contributed by atoms with Crippen LogP contribution in [0.15, 0.2) is 0 Å². The summed E-state index contributed by atoms with van der Waals surface area (Å²) in [6.07, 6.45) is 11.6. The van der Waals surface area contributed by atoms with Gasteiger partial charge in [0.2, 0.25) is 0 Å². The van der Waals surface area contributed by atoms with Gasteiger partial charge < -0.3 is 14.7 Å². The summed E-state index contributed by atoms with van der Waals surface area (Å²) in [5, 5.41) is 0. The molecule has 132 valence electrons. The van der Waals surface area contributed by atoms with E-state index >= 15 is 0 Å². The van der Waals surface area contributed by atoms with E-state index in [0.29, 0.717) is 0 Å². The maximum atomic E-state index is 2.86. The molecule has 0 aromatic carbocycles. The molecule has 3 heteroatoms. The molecule has 0 atom stereocenters. The van der Waals surface area contributed by atoms with Crippen molar-refractivity contribution in [3.05, 3.63) is 0 Å². The molecule has 0 aromatic rings. The van der Waals surface area contributed by atoms with Gasteiger partial charge in [0.15, 0.2) is 0 Å². The SMILES string of the molecule is CC1CCN(C2CCN(C3CCC4(CC3)CN(C)C4)CC2)CC1. The van der Waals surface area contributed by atoms with Gasteiger partial charge in [-0.2, -0.15) is 0 Å². The van der Waals surface area contributed by atoms with Crippen LogP contribution in [0.2, 0.25) is 0 Å². The number of nitrogens with zero attached hydrogens (tertiary/aromatic N) is 3. The summed E-state index contributed by atoms with van der Waals surface area (Å²) in [5.74, 6) is 0.964. The van der Waals surface area contributed by atoms with E-state index in [-0.39, 0.29) is 0 Å². The highest BCUT2D eigenvalue weighted by Crippen LogP contribution is 2.44. The van der Waals surface area contributed by atoms with Gasteiger partial charge in [-0.1, -0.05) is 6.92 Å². The normalized spacial score (nSPS) is 33.1. The van der Waals surface area contributed by atoms with Crippen molar-refractivity contribution >= 4 is 0 Å². The molecule has 3 saturated heterocycles. The van der Waals surface area contributed by atoms with E-state index in [0.717, 1.165) is 23.4 Å². The second-order valence-electron chi connectivity index (χ2n) is 9.39. The largest absolute Gasteiger partial charge is 0.305 e. The molecule has 0 unspecified atom stereocenters. The number of rotatable bonds is 2. The molecule has 4 aliphatic rings. The standard InChI is InChI=1S/C20H37N3/c1-17-5-11-22(12-6-17)19-7-13-23(14-8-19)18-3-9-20(10-4-18)15-21(2)16-20/h17-19H,3-16H2,1-2H3. The highest BCUT2D eigenvalue weighted by atomic mass is 15.2. The van der Waals surface area contributed by atoms with Gasteiger partial charge in [0.1, 0.15) is 0 Å². The first-order chi connectivity index (χ1) is 11.1. The molecule has 1 spiro atoms. The molecular weight excluding hydrogens is 282 g/mol. The molecule has 1 aliphatic carbocycles. The minimum absolute atomic E-state index is 0.730. The summed E-state index contributed by atoms with van der Waals surface area (Å²) in [5.41, 5.74) is 0.730. The average Bonchev–Trinajstić information content (AvgIpc) is 2.55. The quantitative estimate of drug-likeness (QED) is 0.774. The zero-order valence-electron chi connectivity index (χ0n) is 15.5. The van der Waals surface area contributed by atoms with Crippen LogP contribution in [0.3, 0.4) is 0 Å². The Hall–Kier alpha value is -0.120. The molecule has 0 radical (unpaired) electrons. The maximum Gasteiger partial charge on any atom is 0.0120 e. The Labute approximate surface area is 143 Å². The first-order valence-corrected chi connectivity index (χ1v) is 10.3. The monoisotopic (exact) mass is 319 g/mol. The molecule has 3 heterocycles. The third-order valence-corrected chi connectivity index (χ3v) is 7.58. The van der Waals surface area contributed by atoms with Crippen molar-refractivity contribution in [2.75, 3.05) is 46.3 Å². The van der Waals surface area contributed by atoms with Crippen LogP contribution < -0.4 is 0 Å². The zero-order valence-corrected chi connectivity index (χ0v) is 15.5. The van der Waals surface area contributed by atoms with E-state index in [9.17, 15) is 0 Å². The summed E-state index contributed by atoms with van der Waals surface area (Å²) >= 11 is 0. The van der Waals surface area contributed by atoms with Crippen molar-refractivity contribution < 1.29 is 0 Å². The van der Waals surface area contributed by atoms with Crippen LogP contribution in [0.4, 0.5) is 0 Å². The Morgan fingerprint density at radius 3 is 1.70 bits per heavy atom. The molecule has 0 N–H and O–H groups in total. The van der Waals surface area contributed by atoms with Gasteiger partial charge in [-0.25, -0.2) is 0 Å². The van der Waals surface area contributed by atoms with Gasteiger partial charge in [-0.15, -0.1) is 0 Å². The average molecular weight is 320 g/mol. The number of hydrogen-bond acceptors (Lipinski definition) is 3. The molecule has 0 aromatic heterocycles. The highest BCUT2D eigenvalue weighted by molar-refractivity contribution is 4.98. The molecule has 1 saturated carbocycles. The van der Waals surface area contributed by atoms with Crippen molar-refractivity contribution in [2.45, 2.75) is 70.4 Å². The Morgan fingerprint density at radius 1 is 0.696 bits per heavy atom. The lowest BCUT2D eigenvalue weighted by molar-refractivity contribution is -0.0364. The van der Waals surface area contributed by atoms with E-state index < -0.39 is 0 Å². The van der Waals surface area contributed by atoms with Crippen LogP contribution in [0.5, 0.6) is 0 Å². The van der Waals surface area contributed by atoms with Crippen molar-refractivity contribution in [1.29, 1.82) is 0 Å². The van der Waals surface area contributed by atoms with E-state index in [2.05, 4.69) is 28.7 Å². The molecule has 0 amide bonds. The molecule has 4 fully saturated rings. The number of hydrogen-bond donors (Lipinski definition) is 0. The fraction of sp³-hybridized carbons (Fsp3) is 1.00. The third-order valence-electron chi connectivity index (χ3n) is 7.58. The summed E-state index contributed by atoms with van der Waals surface area (Å²) in [7, 11) is 2.28. The van der Waals surface area contributed by atoms with Crippen LogP contribution in [0.1, 0.15) is 58.3 Å². The molecule has 4 rings (SSSR count). The minimum Gasteiger partial charge on any atom is -0.305 e. The summed E-state index contributed by atoms with van der Waals surface area (Å²) in [4.78, 5) is 8.18. The molecular formula is C20H37N3. The Balaban J connectivity index is 1.21. The van der Waals surface area contributed by atoms with Crippen molar-refractivity contribution in [2.24, 2.45) is 11.3 Å². The zero-order chi connectivity index (χ0) is 15.9. The van der Waals surface area contributed by atoms with Crippen LogP contribution in [-0.2, 0) is 0 Å². The first kappa shape index (κ1) is 16.4. The third kappa shape index (κ3) is 3.48. The Bertz CT molecular complexity index is 378. The lowest BCUT2D eigenvalue weighted by Crippen LogP contribution is -2.58. The summed E-state index contributed by atoms with van der Waals surface area (Å²) in [6.45, 7) is 10.6. The minimum atomic E-state index is 0.730. The van der Waals surface area contributed by atoms with Crippen LogP contribution >= 0.6 is 0 Å². The predicted octanol–water partition coefficient (Wildman–Crippen LogP) is 3.06. The van der Waals surface area contributed by atoms with Gasteiger partial charge in [0, 0.05) is 25.2 Å². The van der Waals surface area contributed by atoms with E-state index in [1.807, 2.05) is 0 Å². The lowest BCUT2D eigenvalue weighted by Gasteiger charge is -2.54. The Kier molecular flexibility index (Phi) is 4.73. The molecule has 23 heavy (non-hydrogen) atoms. The Morgan fingerprint density at radius 2 is 1.17 bits per heavy atom. The van der Waals surface area contributed by atoms with Crippen molar-refractivity contribution in [3.8, 4) is 0 Å². The van der Waals surface area contributed by atoms with E-state index in [1.54, 1.807) is 0 Å². The lowest BCUT2D eigenvalue weighted by atomic mass is 9.67. The second-order valence-corrected chi connectivity index (χ2v) is 9.39. The van der Waals surface area contributed by atoms with Gasteiger partial charge in [-0.3, -0.25) is 0 Å². The molecule has 3 nitrogen and oxygen atoms in total. The highest BCUT2D eigenvalue weighted by Gasteiger charge is 2.44. The fourth-order valence-corrected chi connectivity index (χ4v) is 6.00. The number of piperidine rings is 2. The number of likely N-dealkylation sites (tertiary alicyclic amines) is 3. The fourth-order valence-electron chi connectivity index (χ4n) is 6.00. The van der Waals surface area contributed by atoms with Crippen LogP contribution in [0.25, 0.3) is 0 Å². The first-order valence-electron chi connectivity index (χ1n) is 10.3. The van der Waals surface area contributed by atoms with Crippen molar-refractivity contribution in [1.82, 2.24) is 14.7 Å². The molecule has 3 aliphatic heterocycles. The van der Waals surface area contributed by atoms with Crippen LogP contribution in [-0.4, -0.2) is 73.1 Å². The van der Waals surface area contributed by atoms with Gasteiger partial charge >= 0.3 is 0 Å². The summed E-state index contributed by atoms with van der Waals surface area (Å²) < 4.78 is 0. The topological polar surface area (TPSA) is 9.72 Å². The van der Waals surface area contributed by atoms with E-state index in [4.69, 9.17) is 0 Å². The smallest absolute Gasteiger partial charge is 0.0120 e.